The average Bonchev–Trinajstić information content (AvgIpc) is 2.53. The third-order valence-corrected chi connectivity index (χ3v) is 3.43. The van der Waals surface area contributed by atoms with Crippen LogP contribution in [0.1, 0.15) is 66.2 Å². The minimum Gasteiger partial charge on any atom is -0.478 e. The largest absolute Gasteiger partial charge is 0.478 e. The quantitative estimate of drug-likeness (QED) is 0.274. The number of rotatable bonds is 11. The van der Waals surface area contributed by atoms with Gasteiger partial charge < -0.3 is 9.84 Å². The SMILES string of the molecule is CCCCCCCCOC(=O)c1ccc(C(=O)O)cc1N[N+](=O)[O-]. The van der Waals surface area contributed by atoms with E-state index in [1.165, 1.54) is 18.6 Å². The summed E-state index contributed by atoms with van der Waals surface area (Å²) in [4.78, 5) is 33.6. The second-order valence-corrected chi connectivity index (χ2v) is 5.34. The van der Waals surface area contributed by atoms with E-state index < -0.39 is 17.0 Å². The molecule has 0 aromatic heterocycles. The van der Waals surface area contributed by atoms with E-state index >= 15 is 0 Å². The van der Waals surface area contributed by atoms with E-state index in [1.807, 2.05) is 5.43 Å². The van der Waals surface area contributed by atoms with Crippen molar-refractivity contribution in [3.05, 3.63) is 39.4 Å². The molecule has 0 amide bonds. The zero-order chi connectivity index (χ0) is 17.9. The van der Waals surface area contributed by atoms with Gasteiger partial charge in [-0.3, -0.25) is 0 Å². The standard InChI is InChI=1S/C16H22N2O6/c1-2-3-4-5-6-7-10-24-16(21)13-9-8-12(15(19)20)11-14(13)17-18(22)23/h8-9,11,17H,2-7,10H2,1H3,(H,19,20). The number of hydrogen-bond acceptors (Lipinski definition) is 5. The van der Waals surface area contributed by atoms with Gasteiger partial charge in [0, 0.05) is 0 Å². The molecule has 24 heavy (non-hydrogen) atoms. The van der Waals surface area contributed by atoms with Crippen molar-refractivity contribution in [2.75, 3.05) is 12.0 Å². The van der Waals surface area contributed by atoms with Gasteiger partial charge in [0.1, 0.15) is 5.69 Å². The molecule has 0 aliphatic heterocycles. The minimum absolute atomic E-state index is 0.0670. The molecule has 0 atom stereocenters. The molecule has 0 aliphatic rings. The first-order valence-corrected chi connectivity index (χ1v) is 7.91. The summed E-state index contributed by atoms with van der Waals surface area (Å²) in [5.41, 5.74) is 1.40. The summed E-state index contributed by atoms with van der Waals surface area (Å²) >= 11 is 0. The third kappa shape index (κ3) is 6.64. The molecule has 1 aromatic carbocycles. The Morgan fingerprint density at radius 2 is 1.88 bits per heavy atom. The highest BCUT2D eigenvalue weighted by molar-refractivity contribution is 5.98. The third-order valence-electron chi connectivity index (χ3n) is 3.43. The number of nitrogens with zero attached hydrogens (tertiary/aromatic N) is 1. The smallest absolute Gasteiger partial charge is 0.340 e. The lowest BCUT2D eigenvalue weighted by Gasteiger charge is -2.08. The number of carbonyl (C=O) groups is 2. The Hall–Kier alpha value is -2.64. The molecule has 132 valence electrons. The molecule has 8 nitrogen and oxygen atoms in total. The number of carboxylic acid groups (broad SMARTS) is 1. The number of hydrazine groups is 1. The Morgan fingerprint density at radius 3 is 2.50 bits per heavy atom. The van der Waals surface area contributed by atoms with Crippen LogP contribution in [0.3, 0.4) is 0 Å². The van der Waals surface area contributed by atoms with Gasteiger partial charge >= 0.3 is 11.9 Å². The highest BCUT2D eigenvalue weighted by Crippen LogP contribution is 2.19. The number of hydrogen-bond donors (Lipinski definition) is 2. The molecule has 1 rings (SSSR count). The lowest BCUT2D eigenvalue weighted by Crippen LogP contribution is -2.15. The Morgan fingerprint density at radius 1 is 1.21 bits per heavy atom. The Balaban J connectivity index is 2.62. The zero-order valence-electron chi connectivity index (χ0n) is 13.6. The predicted octanol–water partition coefficient (Wildman–Crippen LogP) is 3.51. The van der Waals surface area contributed by atoms with E-state index in [-0.39, 0.29) is 23.4 Å². The van der Waals surface area contributed by atoms with Gasteiger partial charge in [-0.1, -0.05) is 39.0 Å². The lowest BCUT2D eigenvalue weighted by atomic mass is 10.1. The van der Waals surface area contributed by atoms with Crippen LogP contribution in [0.2, 0.25) is 0 Å². The summed E-state index contributed by atoms with van der Waals surface area (Å²) in [6.45, 7) is 2.36. The van der Waals surface area contributed by atoms with E-state index in [0.717, 1.165) is 38.2 Å². The molecule has 0 aliphatic carbocycles. The fourth-order valence-corrected chi connectivity index (χ4v) is 2.17. The number of nitrogens with one attached hydrogen (secondary N) is 1. The molecule has 2 N–H and O–H groups in total. The maximum Gasteiger partial charge on any atom is 0.340 e. The van der Waals surface area contributed by atoms with E-state index in [1.54, 1.807) is 0 Å². The van der Waals surface area contributed by atoms with Crippen molar-refractivity contribution in [3.8, 4) is 0 Å². The van der Waals surface area contributed by atoms with Crippen molar-refractivity contribution >= 4 is 17.6 Å². The molecular formula is C16H22N2O6. The number of carbonyl (C=O) groups excluding carboxylic acids is 1. The van der Waals surface area contributed by atoms with Gasteiger partial charge in [-0.2, -0.15) is 0 Å². The number of nitro groups is 1. The summed E-state index contributed by atoms with van der Waals surface area (Å²) in [5.74, 6) is -1.96. The van der Waals surface area contributed by atoms with Crippen LogP contribution in [0.4, 0.5) is 5.69 Å². The van der Waals surface area contributed by atoms with Crippen LogP contribution in [-0.4, -0.2) is 28.7 Å². The maximum atomic E-state index is 12.0. The van der Waals surface area contributed by atoms with Crippen molar-refractivity contribution in [1.82, 2.24) is 0 Å². The van der Waals surface area contributed by atoms with Crippen LogP contribution in [0.25, 0.3) is 0 Å². The first-order valence-electron chi connectivity index (χ1n) is 7.91. The minimum atomic E-state index is -1.24. The summed E-state index contributed by atoms with van der Waals surface area (Å²) in [6, 6.07) is 3.44. The summed E-state index contributed by atoms with van der Waals surface area (Å²) < 4.78 is 5.11. The number of carboxylic acids is 1. The van der Waals surface area contributed by atoms with Crippen LogP contribution < -0.4 is 5.43 Å². The normalized spacial score (nSPS) is 10.2. The number of anilines is 1. The highest BCUT2D eigenvalue weighted by Gasteiger charge is 2.18. The van der Waals surface area contributed by atoms with E-state index in [4.69, 9.17) is 9.84 Å². The van der Waals surface area contributed by atoms with Gasteiger partial charge in [0.25, 0.3) is 0 Å². The van der Waals surface area contributed by atoms with E-state index in [2.05, 4.69) is 6.92 Å². The van der Waals surface area contributed by atoms with Crippen LogP contribution in [-0.2, 0) is 4.74 Å². The van der Waals surface area contributed by atoms with E-state index in [9.17, 15) is 19.7 Å². The van der Waals surface area contributed by atoms with Gasteiger partial charge in [0.05, 0.1) is 17.7 Å². The molecule has 0 heterocycles. The highest BCUT2D eigenvalue weighted by atomic mass is 16.7. The molecule has 0 saturated carbocycles. The monoisotopic (exact) mass is 338 g/mol. The first kappa shape index (κ1) is 19.4. The summed E-state index contributed by atoms with van der Waals surface area (Å²) in [6.07, 6.45) is 6.25. The van der Waals surface area contributed by atoms with Crippen molar-refractivity contribution < 1.29 is 24.5 Å². The molecule has 0 saturated heterocycles. The topological polar surface area (TPSA) is 119 Å². The van der Waals surface area contributed by atoms with Gasteiger partial charge in [-0.25, -0.2) is 19.7 Å². The molecule has 0 radical (unpaired) electrons. The fraction of sp³-hybridized carbons (Fsp3) is 0.500. The Labute approximate surface area is 139 Å². The average molecular weight is 338 g/mol. The van der Waals surface area contributed by atoms with Gasteiger partial charge in [0.2, 0.25) is 0 Å². The molecule has 0 bridgehead atoms. The van der Waals surface area contributed by atoms with Crippen molar-refractivity contribution in [2.45, 2.75) is 45.4 Å². The number of aromatic carboxylic acids is 1. The fourth-order valence-electron chi connectivity index (χ4n) is 2.17. The Bertz CT molecular complexity index is 588. The van der Waals surface area contributed by atoms with Crippen LogP contribution >= 0.6 is 0 Å². The van der Waals surface area contributed by atoms with Gasteiger partial charge in [-0.05, 0) is 24.6 Å². The number of ether oxygens (including phenoxy) is 1. The Kier molecular flexibility index (Phi) is 8.24. The number of benzene rings is 1. The zero-order valence-corrected chi connectivity index (χ0v) is 13.6. The molecule has 0 fully saturated rings. The molecule has 0 unspecified atom stereocenters. The second-order valence-electron chi connectivity index (χ2n) is 5.34. The van der Waals surface area contributed by atoms with Crippen molar-refractivity contribution in [1.29, 1.82) is 0 Å². The molecular weight excluding hydrogens is 316 g/mol. The number of unbranched alkanes of at least 4 members (excludes halogenated alkanes) is 5. The molecule has 0 spiro atoms. The second kappa shape index (κ2) is 10.2. The summed E-state index contributed by atoms with van der Waals surface area (Å²) in [5, 5.41) is 18.7. The van der Waals surface area contributed by atoms with Crippen LogP contribution in [0.5, 0.6) is 0 Å². The van der Waals surface area contributed by atoms with E-state index in [0.29, 0.717) is 0 Å². The van der Waals surface area contributed by atoms with Crippen molar-refractivity contribution in [2.24, 2.45) is 0 Å². The molecule has 8 heteroatoms. The lowest BCUT2D eigenvalue weighted by molar-refractivity contribution is -0.445. The molecule has 1 aromatic rings. The van der Waals surface area contributed by atoms with Gasteiger partial charge in [-0.15, -0.1) is 5.43 Å². The van der Waals surface area contributed by atoms with Gasteiger partial charge in [0.15, 0.2) is 5.03 Å². The first-order chi connectivity index (χ1) is 11.5. The predicted molar refractivity (Wildman–Crippen MR) is 87.7 cm³/mol. The summed E-state index contributed by atoms with van der Waals surface area (Å²) in [7, 11) is 0. The van der Waals surface area contributed by atoms with Crippen molar-refractivity contribution in [3.63, 3.8) is 0 Å². The number of esters is 1. The van der Waals surface area contributed by atoms with Crippen LogP contribution in [0, 0.1) is 10.1 Å². The van der Waals surface area contributed by atoms with Crippen LogP contribution in [0.15, 0.2) is 18.2 Å². The maximum absolute atomic E-state index is 12.0.